The predicted octanol–water partition coefficient (Wildman–Crippen LogP) is 5.68. The van der Waals surface area contributed by atoms with Crippen LogP contribution in [0.1, 0.15) is 52.7 Å². The summed E-state index contributed by atoms with van der Waals surface area (Å²) in [6.45, 7) is 8.28. The van der Waals surface area contributed by atoms with E-state index in [0.29, 0.717) is 0 Å². The first-order valence-corrected chi connectivity index (χ1v) is 6.88. The van der Waals surface area contributed by atoms with Crippen LogP contribution in [-0.4, -0.2) is 0 Å². The zero-order valence-electron chi connectivity index (χ0n) is 13.3. The van der Waals surface area contributed by atoms with Crippen molar-refractivity contribution in [2.24, 2.45) is 10.8 Å². The Morgan fingerprint density at radius 3 is 1.32 bits per heavy atom. The summed E-state index contributed by atoms with van der Waals surface area (Å²) in [5.41, 5.74) is -6.55. The molecule has 0 saturated carbocycles. The summed E-state index contributed by atoms with van der Waals surface area (Å²) < 4.78 is 85.2. The van der Waals surface area contributed by atoms with Crippen LogP contribution in [0, 0.1) is 34.1 Å². The van der Waals surface area contributed by atoms with Gasteiger partial charge in [0.25, 0.3) is 5.92 Å². The number of rotatable bonds is 0. The smallest absolute Gasteiger partial charge is 0.203 e. The number of benzene rings is 1. The fraction of sp³-hybridized carbons (Fsp3) is 0.625. The Balaban J connectivity index is 3.11. The maximum Gasteiger partial charge on any atom is 0.282 e. The molecule has 0 bridgehead atoms. The first-order chi connectivity index (χ1) is 9.64. The van der Waals surface area contributed by atoms with Gasteiger partial charge < -0.3 is 0 Å². The Bertz CT molecular complexity index is 598. The zero-order valence-corrected chi connectivity index (χ0v) is 13.3. The molecule has 0 N–H and O–H groups in total. The quantitative estimate of drug-likeness (QED) is 0.327. The third-order valence-electron chi connectivity index (χ3n) is 6.12. The highest BCUT2D eigenvalue weighted by Gasteiger charge is 2.68. The molecule has 124 valence electrons. The second-order valence-corrected chi connectivity index (χ2v) is 7.46. The van der Waals surface area contributed by atoms with Crippen LogP contribution in [0.15, 0.2) is 0 Å². The van der Waals surface area contributed by atoms with Gasteiger partial charge in [-0.1, -0.05) is 41.5 Å². The second-order valence-electron chi connectivity index (χ2n) is 7.46. The minimum Gasteiger partial charge on any atom is -0.203 e. The fourth-order valence-electron chi connectivity index (χ4n) is 3.31. The van der Waals surface area contributed by atoms with Crippen LogP contribution in [0.4, 0.5) is 26.3 Å². The fourth-order valence-corrected chi connectivity index (χ4v) is 3.31. The van der Waals surface area contributed by atoms with Crippen LogP contribution in [-0.2, 0) is 11.3 Å². The normalized spacial score (nSPS) is 24.0. The summed E-state index contributed by atoms with van der Waals surface area (Å²) in [6, 6.07) is 0. The van der Waals surface area contributed by atoms with E-state index in [2.05, 4.69) is 0 Å². The Hall–Kier alpha value is -1.20. The standard InChI is InChI=1S/C16H18F6/c1-13(2)7-8(10(18)12(20)11(19)9(7)17)16(21,22)15(5,6)14(13,3)4/h1-6H3. The highest BCUT2D eigenvalue weighted by atomic mass is 19.3. The van der Waals surface area contributed by atoms with Gasteiger partial charge in [-0.15, -0.1) is 0 Å². The number of alkyl halides is 2. The van der Waals surface area contributed by atoms with Gasteiger partial charge in [0.1, 0.15) is 0 Å². The largest absolute Gasteiger partial charge is 0.282 e. The van der Waals surface area contributed by atoms with Gasteiger partial charge in [-0.25, -0.2) is 26.3 Å². The molecule has 0 spiro atoms. The molecule has 1 aliphatic carbocycles. The molecule has 0 amide bonds. The van der Waals surface area contributed by atoms with E-state index in [4.69, 9.17) is 0 Å². The molecule has 1 aliphatic rings. The summed E-state index contributed by atoms with van der Waals surface area (Å²) in [5.74, 6) is -11.9. The molecule has 0 atom stereocenters. The van der Waals surface area contributed by atoms with Crippen molar-refractivity contribution in [3.8, 4) is 0 Å². The molecule has 0 aromatic heterocycles. The van der Waals surface area contributed by atoms with Crippen LogP contribution in [0.3, 0.4) is 0 Å². The van der Waals surface area contributed by atoms with E-state index in [-0.39, 0.29) is 0 Å². The molecule has 0 unspecified atom stereocenters. The number of fused-ring (bicyclic) bond motifs is 1. The minimum absolute atomic E-state index is 0.793. The molecule has 2 rings (SSSR count). The zero-order chi connectivity index (χ0) is 17.5. The molecule has 0 heterocycles. The maximum absolute atomic E-state index is 14.9. The van der Waals surface area contributed by atoms with Crippen molar-refractivity contribution in [3.63, 3.8) is 0 Å². The third-order valence-corrected chi connectivity index (χ3v) is 6.12. The van der Waals surface area contributed by atoms with Gasteiger partial charge in [-0.05, 0) is 10.8 Å². The summed E-state index contributed by atoms with van der Waals surface area (Å²) in [4.78, 5) is 0. The second kappa shape index (κ2) is 4.20. The Labute approximate surface area is 125 Å². The van der Waals surface area contributed by atoms with Crippen LogP contribution in [0.5, 0.6) is 0 Å². The van der Waals surface area contributed by atoms with Crippen LogP contribution in [0.25, 0.3) is 0 Å². The predicted molar refractivity (Wildman–Crippen MR) is 70.8 cm³/mol. The van der Waals surface area contributed by atoms with Gasteiger partial charge >= 0.3 is 0 Å². The van der Waals surface area contributed by atoms with Crippen molar-refractivity contribution in [2.75, 3.05) is 0 Å². The lowest BCUT2D eigenvalue weighted by Crippen LogP contribution is -2.59. The highest BCUT2D eigenvalue weighted by molar-refractivity contribution is 5.46. The van der Waals surface area contributed by atoms with Gasteiger partial charge in [0.15, 0.2) is 23.3 Å². The van der Waals surface area contributed by atoms with Crippen LogP contribution in [0.2, 0.25) is 0 Å². The van der Waals surface area contributed by atoms with Crippen molar-refractivity contribution in [3.05, 3.63) is 34.4 Å². The van der Waals surface area contributed by atoms with Gasteiger partial charge in [-0.2, -0.15) is 0 Å². The lowest BCUT2D eigenvalue weighted by Gasteiger charge is -2.59. The molecule has 0 fully saturated rings. The number of hydrogen-bond donors (Lipinski definition) is 0. The van der Waals surface area contributed by atoms with Crippen molar-refractivity contribution >= 4 is 0 Å². The van der Waals surface area contributed by atoms with E-state index in [1.165, 1.54) is 41.5 Å². The van der Waals surface area contributed by atoms with Crippen molar-refractivity contribution in [1.29, 1.82) is 0 Å². The topological polar surface area (TPSA) is 0 Å². The van der Waals surface area contributed by atoms with Crippen LogP contribution < -0.4 is 0 Å². The van der Waals surface area contributed by atoms with E-state index in [1.54, 1.807) is 0 Å². The van der Waals surface area contributed by atoms with E-state index in [1.807, 2.05) is 0 Å². The lowest BCUT2D eigenvalue weighted by molar-refractivity contribution is -0.201. The summed E-state index contributed by atoms with van der Waals surface area (Å²) >= 11 is 0. The van der Waals surface area contributed by atoms with Crippen LogP contribution >= 0.6 is 0 Å². The summed E-state index contributed by atoms with van der Waals surface area (Å²) in [5, 5.41) is 0. The van der Waals surface area contributed by atoms with E-state index >= 15 is 0 Å². The molecule has 0 saturated heterocycles. The molecule has 22 heavy (non-hydrogen) atoms. The number of halogens is 6. The summed E-state index contributed by atoms with van der Waals surface area (Å²) in [7, 11) is 0. The molecule has 1 aromatic carbocycles. The molecule has 0 nitrogen and oxygen atoms in total. The molecule has 0 radical (unpaired) electrons. The number of hydrogen-bond acceptors (Lipinski definition) is 0. The first-order valence-electron chi connectivity index (χ1n) is 6.88. The third kappa shape index (κ3) is 1.56. The maximum atomic E-state index is 14.9. The highest BCUT2D eigenvalue weighted by Crippen LogP contribution is 2.67. The van der Waals surface area contributed by atoms with Gasteiger partial charge in [-0.3, -0.25) is 0 Å². The van der Waals surface area contributed by atoms with E-state index in [0.717, 1.165) is 0 Å². The monoisotopic (exact) mass is 324 g/mol. The van der Waals surface area contributed by atoms with E-state index < -0.39 is 56.6 Å². The van der Waals surface area contributed by atoms with Crippen molar-refractivity contribution in [2.45, 2.75) is 52.9 Å². The average Bonchev–Trinajstić information content (AvgIpc) is 2.37. The SMILES string of the molecule is CC1(C)c2c(F)c(F)c(F)c(F)c2C(F)(F)C(C)(C)C1(C)C. The minimum atomic E-state index is -3.86. The van der Waals surface area contributed by atoms with Gasteiger partial charge in [0.05, 0.1) is 5.56 Å². The first kappa shape index (κ1) is 17.2. The summed E-state index contributed by atoms with van der Waals surface area (Å²) in [6.07, 6.45) is 0. The molecular weight excluding hydrogens is 306 g/mol. The Morgan fingerprint density at radius 2 is 0.909 bits per heavy atom. The molecule has 6 heteroatoms. The molecule has 1 aromatic rings. The Kier molecular flexibility index (Phi) is 3.28. The van der Waals surface area contributed by atoms with Crippen molar-refractivity contribution in [1.82, 2.24) is 0 Å². The van der Waals surface area contributed by atoms with E-state index in [9.17, 15) is 26.3 Å². The van der Waals surface area contributed by atoms with Gasteiger partial charge in [0, 0.05) is 11.0 Å². The Morgan fingerprint density at radius 1 is 0.545 bits per heavy atom. The lowest BCUT2D eigenvalue weighted by atomic mass is 9.46. The van der Waals surface area contributed by atoms with Crippen molar-refractivity contribution < 1.29 is 26.3 Å². The van der Waals surface area contributed by atoms with Gasteiger partial charge in [0.2, 0.25) is 0 Å². The molecule has 0 aliphatic heterocycles. The average molecular weight is 324 g/mol. The molecular formula is C16H18F6.